The van der Waals surface area contributed by atoms with Crippen LogP contribution in [0.1, 0.15) is 117 Å². The third-order valence-electron chi connectivity index (χ3n) is 5.98. The second kappa shape index (κ2) is 26.6. The Kier molecular flexibility index (Phi) is 26.1. The third-order valence-corrected chi connectivity index (χ3v) is 5.98. The largest absolute Gasteiger partial charge is 0.380 e. The van der Waals surface area contributed by atoms with E-state index in [-0.39, 0.29) is 0 Å². The van der Waals surface area contributed by atoms with E-state index in [9.17, 15) is 0 Å². The van der Waals surface area contributed by atoms with Crippen molar-refractivity contribution in [2.75, 3.05) is 40.5 Å². The second-order valence-corrected chi connectivity index (χ2v) is 9.41. The minimum atomic E-state index is 0.366. The summed E-state index contributed by atoms with van der Waals surface area (Å²) in [5.41, 5.74) is 0. The van der Waals surface area contributed by atoms with Gasteiger partial charge in [0.2, 0.25) is 0 Å². The van der Waals surface area contributed by atoms with E-state index in [1.54, 1.807) is 0 Å². The number of rotatable bonds is 25. The molecule has 0 heterocycles. The fourth-order valence-corrected chi connectivity index (χ4v) is 3.61. The van der Waals surface area contributed by atoms with Crippen LogP contribution in [-0.4, -0.2) is 51.5 Å². The van der Waals surface area contributed by atoms with Crippen LogP contribution in [-0.2, 0) is 9.47 Å². The lowest BCUT2D eigenvalue weighted by Crippen LogP contribution is -2.37. The van der Waals surface area contributed by atoms with E-state index in [0.717, 1.165) is 32.8 Å². The van der Waals surface area contributed by atoms with E-state index < -0.39 is 0 Å². The molecule has 0 fully saturated rings. The van der Waals surface area contributed by atoms with Crippen LogP contribution in [0.3, 0.4) is 0 Å². The molecular weight excluding hydrogens is 394 g/mol. The number of ether oxygens (including phenoxy) is 2. The van der Waals surface area contributed by atoms with Gasteiger partial charge in [0.1, 0.15) is 0 Å². The molecule has 0 radical (unpaired) electrons. The zero-order chi connectivity index (χ0) is 23.5. The molecule has 1 atom stereocenters. The maximum atomic E-state index is 5.94. The van der Waals surface area contributed by atoms with Crippen molar-refractivity contribution in [1.82, 2.24) is 4.90 Å². The lowest BCUT2D eigenvalue weighted by molar-refractivity contribution is 0.0198. The van der Waals surface area contributed by atoms with Crippen LogP contribution in [0, 0.1) is 0 Å². The second-order valence-electron chi connectivity index (χ2n) is 9.41. The summed E-state index contributed by atoms with van der Waals surface area (Å²) in [5.74, 6) is 0. The summed E-state index contributed by atoms with van der Waals surface area (Å²) in [5, 5.41) is 0. The molecule has 0 saturated carbocycles. The normalized spacial score (nSPS) is 13.2. The van der Waals surface area contributed by atoms with Gasteiger partial charge < -0.3 is 14.4 Å². The molecular formula is C29H57NO2. The van der Waals surface area contributed by atoms with Crippen LogP contribution in [0.15, 0.2) is 24.3 Å². The van der Waals surface area contributed by atoms with Gasteiger partial charge in [0.05, 0.1) is 19.3 Å². The lowest BCUT2D eigenvalue weighted by Gasteiger charge is -2.24. The fourth-order valence-electron chi connectivity index (χ4n) is 3.61. The van der Waals surface area contributed by atoms with E-state index >= 15 is 0 Å². The number of hydrogen-bond acceptors (Lipinski definition) is 3. The first-order valence-corrected chi connectivity index (χ1v) is 13.8. The summed E-state index contributed by atoms with van der Waals surface area (Å²) < 4.78 is 11.8. The number of likely N-dealkylation sites (N-methyl/N-ethyl adjacent to an activating group) is 1. The maximum Gasteiger partial charge on any atom is 0.0644 e. The first-order chi connectivity index (χ1) is 15.7. The Morgan fingerprint density at radius 1 is 0.562 bits per heavy atom. The summed E-state index contributed by atoms with van der Waals surface area (Å²) in [4.78, 5) is 2.23. The third kappa shape index (κ3) is 24.0. The molecule has 0 aliphatic heterocycles. The quantitative estimate of drug-likeness (QED) is 0.103. The van der Waals surface area contributed by atoms with Crippen molar-refractivity contribution < 1.29 is 9.47 Å². The van der Waals surface area contributed by atoms with Gasteiger partial charge in [-0.3, -0.25) is 0 Å². The average molecular weight is 452 g/mol. The molecule has 0 aliphatic carbocycles. The summed E-state index contributed by atoms with van der Waals surface area (Å²) in [6, 6.07) is 0.366. The number of allylic oxidation sites excluding steroid dienone is 4. The van der Waals surface area contributed by atoms with E-state index in [0.29, 0.717) is 6.04 Å². The van der Waals surface area contributed by atoms with E-state index in [1.807, 2.05) is 0 Å². The Morgan fingerprint density at radius 3 is 1.53 bits per heavy atom. The zero-order valence-corrected chi connectivity index (χ0v) is 22.3. The summed E-state index contributed by atoms with van der Waals surface area (Å²) in [6.07, 6.45) is 29.9. The Labute approximate surface area is 202 Å². The molecule has 3 heteroatoms. The Balaban J connectivity index is 3.42. The highest BCUT2D eigenvalue weighted by atomic mass is 16.5. The molecule has 0 spiro atoms. The minimum absolute atomic E-state index is 0.366. The van der Waals surface area contributed by atoms with Gasteiger partial charge in [0.15, 0.2) is 0 Å². The molecule has 0 rings (SSSR count). The molecule has 0 aromatic rings. The van der Waals surface area contributed by atoms with Crippen molar-refractivity contribution in [1.29, 1.82) is 0 Å². The highest BCUT2D eigenvalue weighted by molar-refractivity contribution is 4.92. The van der Waals surface area contributed by atoms with Crippen molar-refractivity contribution in [3.63, 3.8) is 0 Å². The Bertz CT molecular complexity index is 406. The van der Waals surface area contributed by atoms with Crippen molar-refractivity contribution in [3.8, 4) is 0 Å². The molecule has 1 unspecified atom stereocenters. The van der Waals surface area contributed by atoms with Gasteiger partial charge in [0, 0.05) is 13.2 Å². The highest BCUT2D eigenvalue weighted by Crippen LogP contribution is 2.09. The average Bonchev–Trinajstić information content (AvgIpc) is 2.78. The Hall–Kier alpha value is -0.640. The first-order valence-electron chi connectivity index (χ1n) is 13.8. The monoisotopic (exact) mass is 451 g/mol. The number of hydrogen-bond donors (Lipinski definition) is 0. The molecule has 0 bridgehead atoms. The van der Waals surface area contributed by atoms with Gasteiger partial charge >= 0.3 is 0 Å². The van der Waals surface area contributed by atoms with Crippen LogP contribution in [0.2, 0.25) is 0 Å². The molecule has 3 nitrogen and oxygen atoms in total. The number of unbranched alkanes of at least 4 members (excludes halogenated alkanes) is 12. The van der Waals surface area contributed by atoms with Crippen LogP contribution >= 0.6 is 0 Å². The summed E-state index contributed by atoms with van der Waals surface area (Å²) >= 11 is 0. The van der Waals surface area contributed by atoms with Crippen LogP contribution < -0.4 is 0 Å². The lowest BCUT2D eigenvalue weighted by atomic mass is 10.1. The molecule has 0 saturated heterocycles. The fraction of sp³-hybridized carbons (Fsp3) is 0.862. The van der Waals surface area contributed by atoms with Crippen molar-refractivity contribution in [2.45, 2.75) is 123 Å². The Morgan fingerprint density at radius 2 is 1.00 bits per heavy atom. The highest BCUT2D eigenvalue weighted by Gasteiger charge is 2.11. The van der Waals surface area contributed by atoms with Crippen LogP contribution in [0.4, 0.5) is 0 Å². The van der Waals surface area contributed by atoms with E-state index in [1.165, 1.54) is 96.3 Å². The predicted molar refractivity (Wildman–Crippen MR) is 143 cm³/mol. The predicted octanol–water partition coefficient (Wildman–Crippen LogP) is 8.34. The molecule has 0 aliphatic rings. The van der Waals surface area contributed by atoms with Gasteiger partial charge in [-0.2, -0.15) is 0 Å². The SMILES string of the molecule is CCCCCC=CCC=CCCCCCCCCOCC(COCCCCCC)N(C)C. The minimum Gasteiger partial charge on any atom is -0.380 e. The van der Waals surface area contributed by atoms with Gasteiger partial charge in [-0.25, -0.2) is 0 Å². The van der Waals surface area contributed by atoms with Crippen LogP contribution in [0.5, 0.6) is 0 Å². The maximum absolute atomic E-state index is 5.94. The standard InChI is InChI=1S/C29H57NO2/c1-5-7-9-11-12-13-14-15-16-17-18-19-20-21-22-24-26-32-28-29(30(3)4)27-31-25-23-10-8-6-2/h12-13,15-16,29H,5-11,14,17-28H2,1-4H3. The molecule has 0 N–H and O–H groups in total. The van der Waals surface area contributed by atoms with Gasteiger partial charge in [-0.15, -0.1) is 0 Å². The molecule has 0 aromatic carbocycles. The molecule has 190 valence electrons. The molecule has 0 aromatic heterocycles. The molecule has 32 heavy (non-hydrogen) atoms. The van der Waals surface area contributed by atoms with E-state index in [4.69, 9.17) is 9.47 Å². The van der Waals surface area contributed by atoms with Gasteiger partial charge in [-0.05, 0) is 59.0 Å². The van der Waals surface area contributed by atoms with Crippen LogP contribution in [0.25, 0.3) is 0 Å². The van der Waals surface area contributed by atoms with E-state index in [2.05, 4.69) is 57.1 Å². The van der Waals surface area contributed by atoms with Gasteiger partial charge in [0.25, 0.3) is 0 Å². The smallest absolute Gasteiger partial charge is 0.0644 e. The van der Waals surface area contributed by atoms with Gasteiger partial charge in [-0.1, -0.05) is 95.9 Å². The summed E-state index contributed by atoms with van der Waals surface area (Å²) in [7, 11) is 4.24. The topological polar surface area (TPSA) is 21.7 Å². The zero-order valence-electron chi connectivity index (χ0n) is 22.3. The first kappa shape index (κ1) is 31.4. The molecule has 0 amide bonds. The number of nitrogens with zero attached hydrogens (tertiary/aromatic N) is 1. The summed E-state index contributed by atoms with van der Waals surface area (Å²) in [6.45, 7) is 7.84. The van der Waals surface area contributed by atoms with Crippen molar-refractivity contribution in [3.05, 3.63) is 24.3 Å². The van der Waals surface area contributed by atoms with Crippen molar-refractivity contribution >= 4 is 0 Å². The van der Waals surface area contributed by atoms with Crippen molar-refractivity contribution in [2.24, 2.45) is 0 Å².